The second-order valence-corrected chi connectivity index (χ2v) is 6.48. The van der Waals surface area contributed by atoms with Crippen molar-refractivity contribution in [2.75, 3.05) is 19.6 Å². The van der Waals surface area contributed by atoms with Gasteiger partial charge in [-0.3, -0.25) is 4.68 Å². The number of aromatic nitrogens is 4. The molecule has 1 saturated heterocycles. The minimum Gasteiger partial charge on any atom is -0.357 e. The highest BCUT2D eigenvalue weighted by Gasteiger charge is 2.28. The van der Waals surface area contributed by atoms with Gasteiger partial charge in [0.1, 0.15) is 0 Å². The number of aryl methyl sites for hydroxylation is 1. The molecule has 7 nitrogen and oxygen atoms in total. The van der Waals surface area contributed by atoms with Crippen molar-refractivity contribution in [2.24, 2.45) is 18.0 Å². The largest absolute Gasteiger partial charge is 0.357 e. The van der Waals surface area contributed by atoms with Gasteiger partial charge in [-0.05, 0) is 19.3 Å². The van der Waals surface area contributed by atoms with Gasteiger partial charge in [0.25, 0.3) is 0 Å². The van der Waals surface area contributed by atoms with Gasteiger partial charge < -0.3 is 14.8 Å². The molecule has 0 aliphatic carbocycles. The molecule has 0 radical (unpaired) electrons. The van der Waals surface area contributed by atoms with Crippen molar-refractivity contribution in [3.8, 4) is 0 Å². The molecule has 138 valence electrons. The number of halogens is 1. The summed E-state index contributed by atoms with van der Waals surface area (Å²) < 4.78 is 4.04. The number of piperidine rings is 1. The smallest absolute Gasteiger partial charge is 0.194 e. The number of guanidine groups is 1. The Balaban J connectivity index is 0.00000225. The highest BCUT2D eigenvalue weighted by atomic mass is 127. The van der Waals surface area contributed by atoms with Crippen LogP contribution in [0.5, 0.6) is 0 Å². The molecule has 0 spiro atoms. The predicted octanol–water partition coefficient (Wildman–Crippen LogP) is 2.28. The number of nitrogens with one attached hydrogen (secondary N) is 1. The van der Waals surface area contributed by atoms with Crippen LogP contribution >= 0.6 is 24.0 Å². The maximum atomic E-state index is 4.81. The SMILES string of the molecule is CCNC(=NCc1cnn(C)c1)N1CCC(C)C(n2ccnc2)C1.I. The fraction of sp³-hybridized carbons (Fsp3) is 0.588. The van der Waals surface area contributed by atoms with Crippen LogP contribution in [0.25, 0.3) is 0 Å². The van der Waals surface area contributed by atoms with Crippen LogP contribution in [0.4, 0.5) is 0 Å². The van der Waals surface area contributed by atoms with Gasteiger partial charge in [-0.1, -0.05) is 6.92 Å². The van der Waals surface area contributed by atoms with Crippen LogP contribution in [0.3, 0.4) is 0 Å². The lowest BCUT2D eigenvalue weighted by Crippen LogP contribution is -2.49. The monoisotopic (exact) mass is 457 g/mol. The van der Waals surface area contributed by atoms with E-state index in [0.29, 0.717) is 18.5 Å². The first-order chi connectivity index (χ1) is 11.7. The molecule has 0 saturated carbocycles. The Labute approximate surface area is 166 Å². The number of hydrogen-bond acceptors (Lipinski definition) is 3. The van der Waals surface area contributed by atoms with Crippen molar-refractivity contribution < 1.29 is 0 Å². The molecule has 2 aromatic heterocycles. The van der Waals surface area contributed by atoms with E-state index in [4.69, 9.17) is 4.99 Å². The van der Waals surface area contributed by atoms with E-state index in [9.17, 15) is 0 Å². The van der Waals surface area contributed by atoms with Gasteiger partial charge in [0, 0.05) is 50.8 Å². The molecule has 1 aliphatic rings. The van der Waals surface area contributed by atoms with Crippen LogP contribution < -0.4 is 5.32 Å². The fourth-order valence-electron chi connectivity index (χ4n) is 3.24. The third-order valence-electron chi connectivity index (χ3n) is 4.63. The van der Waals surface area contributed by atoms with Gasteiger partial charge in [-0.15, -0.1) is 24.0 Å². The van der Waals surface area contributed by atoms with Crippen LogP contribution in [0.15, 0.2) is 36.1 Å². The van der Waals surface area contributed by atoms with Crippen molar-refractivity contribution in [3.05, 3.63) is 36.7 Å². The minimum atomic E-state index is 0. The maximum absolute atomic E-state index is 4.81. The first-order valence-electron chi connectivity index (χ1n) is 8.65. The minimum absolute atomic E-state index is 0. The van der Waals surface area contributed by atoms with E-state index in [1.807, 2.05) is 36.6 Å². The van der Waals surface area contributed by atoms with Crippen LogP contribution in [-0.4, -0.2) is 49.8 Å². The number of rotatable bonds is 4. The highest BCUT2D eigenvalue weighted by Crippen LogP contribution is 2.27. The highest BCUT2D eigenvalue weighted by molar-refractivity contribution is 14.0. The van der Waals surface area contributed by atoms with Gasteiger partial charge in [-0.25, -0.2) is 9.98 Å². The second-order valence-electron chi connectivity index (χ2n) is 6.48. The van der Waals surface area contributed by atoms with Crippen molar-refractivity contribution in [3.63, 3.8) is 0 Å². The van der Waals surface area contributed by atoms with E-state index in [-0.39, 0.29) is 24.0 Å². The Hall–Kier alpha value is -1.58. The van der Waals surface area contributed by atoms with Crippen molar-refractivity contribution >= 4 is 29.9 Å². The number of likely N-dealkylation sites (tertiary alicyclic amines) is 1. The van der Waals surface area contributed by atoms with Gasteiger partial charge in [0.2, 0.25) is 0 Å². The summed E-state index contributed by atoms with van der Waals surface area (Å²) in [7, 11) is 1.93. The third kappa shape index (κ3) is 4.96. The molecule has 2 unspecified atom stereocenters. The molecule has 1 N–H and O–H groups in total. The lowest BCUT2D eigenvalue weighted by Gasteiger charge is -2.39. The number of hydrogen-bond donors (Lipinski definition) is 1. The predicted molar refractivity (Wildman–Crippen MR) is 110 cm³/mol. The summed E-state index contributed by atoms with van der Waals surface area (Å²) in [6.07, 6.45) is 10.9. The molecule has 0 bridgehead atoms. The van der Waals surface area contributed by atoms with Crippen molar-refractivity contribution in [1.29, 1.82) is 0 Å². The molecule has 1 aliphatic heterocycles. The molecule has 0 aromatic carbocycles. The molecular formula is C17H28IN7. The topological polar surface area (TPSA) is 63.3 Å². The van der Waals surface area contributed by atoms with Crippen molar-refractivity contribution in [2.45, 2.75) is 32.9 Å². The summed E-state index contributed by atoms with van der Waals surface area (Å²) in [5, 5.41) is 7.65. The zero-order chi connectivity index (χ0) is 16.9. The third-order valence-corrected chi connectivity index (χ3v) is 4.63. The average Bonchev–Trinajstić information content (AvgIpc) is 3.24. The number of imidazole rings is 1. The van der Waals surface area contributed by atoms with E-state index >= 15 is 0 Å². The van der Waals surface area contributed by atoms with Crippen LogP contribution in [0.1, 0.15) is 31.9 Å². The molecule has 3 rings (SSSR count). The van der Waals surface area contributed by atoms with Gasteiger partial charge in [-0.2, -0.15) is 5.10 Å². The van der Waals surface area contributed by atoms with E-state index in [2.05, 4.69) is 44.9 Å². The Kier molecular flexibility index (Phi) is 7.27. The van der Waals surface area contributed by atoms with E-state index < -0.39 is 0 Å². The van der Waals surface area contributed by atoms with Gasteiger partial charge >= 0.3 is 0 Å². The maximum Gasteiger partial charge on any atom is 0.194 e. The quantitative estimate of drug-likeness (QED) is 0.435. The summed E-state index contributed by atoms with van der Waals surface area (Å²) >= 11 is 0. The molecule has 2 atom stereocenters. The Morgan fingerprint density at radius 2 is 2.28 bits per heavy atom. The summed E-state index contributed by atoms with van der Waals surface area (Å²) in [6, 6.07) is 0.434. The molecule has 2 aromatic rings. The van der Waals surface area contributed by atoms with Crippen molar-refractivity contribution in [1.82, 2.24) is 29.5 Å². The fourth-order valence-corrected chi connectivity index (χ4v) is 3.24. The Morgan fingerprint density at radius 1 is 1.44 bits per heavy atom. The van der Waals surface area contributed by atoms with Crippen LogP contribution in [0.2, 0.25) is 0 Å². The average molecular weight is 457 g/mol. The Morgan fingerprint density at radius 3 is 2.92 bits per heavy atom. The Bertz CT molecular complexity index is 664. The zero-order valence-corrected chi connectivity index (χ0v) is 17.5. The molecule has 1 fully saturated rings. The number of aliphatic imine (C=N–C) groups is 1. The molecule has 0 amide bonds. The summed E-state index contributed by atoms with van der Waals surface area (Å²) in [5.41, 5.74) is 1.13. The normalized spacial score (nSPS) is 21.1. The molecular weight excluding hydrogens is 429 g/mol. The summed E-state index contributed by atoms with van der Waals surface area (Å²) in [4.78, 5) is 11.4. The lowest BCUT2D eigenvalue weighted by atomic mass is 9.93. The summed E-state index contributed by atoms with van der Waals surface area (Å²) in [6.45, 7) is 7.94. The van der Waals surface area contributed by atoms with E-state index in [1.165, 1.54) is 0 Å². The molecule has 3 heterocycles. The standard InChI is InChI=1S/C17H27N7.HI/c1-4-19-17(20-9-15-10-21-22(3)11-15)23-7-5-14(2)16(12-23)24-8-6-18-13-24;/h6,8,10-11,13-14,16H,4-5,7,9,12H2,1-3H3,(H,19,20);1H. The first kappa shape index (κ1) is 19.7. The lowest BCUT2D eigenvalue weighted by molar-refractivity contribution is 0.189. The molecule has 25 heavy (non-hydrogen) atoms. The van der Waals surface area contributed by atoms with Gasteiger partial charge in [0.15, 0.2) is 5.96 Å². The zero-order valence-electron chi connectivity index (χ0n) is 15.2. The van der Waals surface area contributed by atoms with Gasteiger partial charge in [0.05, 0.1) is 25.1 Å². The number of nitrogens with zero attached hydrogens (tertiary/aromatic N) is 6. The van der Waals surface area contributed by atoms with E-state index in [0.717, 1.165) is 37.6 Å². The van der Waals surface area contributed by atoms with E-state index in [1.54, 1.807) is 0 Å². The summed E-state index contributed by atoms with van der Waals surface area (Å²) in [5.74, 6) is 1.62. The van der Waals surface area contributed by atoms with Crippen LogP contribution in [-0.2, 0) is 13.6 Å². The van der Waals surface area contributed by atoms with Crippen LogP contribution in [0, 0.1) is 5.92 Å². The molecule has 8 heteroatoms. The second kappa shape index (κ2) is 9.21. The first-order valence-corrected chi connectivity index (χ1v) is 8.65.